The number of rotatable bonds is 5. The second kappa shape index (κ2) is 10.3. The molecule has 0 aliphatic carbocycles. The first-order chi connectivity index (χ1) is 14.4. The van der Waals surface area contributed by atoms with Crippen LogP contribution in [0.15, 0.2) is 18.2 Å². The molecule has 9 heteroatoms. The Morgan fingerprint density at radius 3 is 1.94 bits per heavy atom. The van der Waals surface area contributed by atoms with Crippen LogP contribution in [0, 0.1) is 5.92 Å². The van der Waals surface area contributed by atoms with Crippen LogP contribution in [0.25, 0.3) is 0 Å². The highest BCUT2D eigenvalue weighted by atomic mass is 16.6. The maximum absolute atomic E-state index is 12.6. The number of amides is 3. The minimum absolute atomic E-state index is 0.135. The SMILES string of the molecule is CC(=O)Nc1cc(NC(C)=O)cc(C(=O)OCC2CCN(C(=O)OC(C)(C)C)CC2)c1. The monoisotopic (exact) mass is 433 g/mol. The molecule has 1 saturated heterocycles. The minimum Gasteiger partial charge on any atom is -0.462 e. The van der Waals surface area contributed by atoms with E-state index in [0.29, 0.717) is 37.3 Å². The number of likely N-dealkylation sites (tertiary alicyclic amines) is 1. The third kappa shape index (κ3) is 8.27. The Labute approximate surface area is 182 Å². The van der Waals surface area contributed by atoms with Gasteiger partial charge in [0.15, 0.2) is 0 Å². The van der Waals surface area contributed by atoms with Crippen LogP contribution in [0.1, 0.15) is 57.8 Å². The van der Waals surface area contributed by atoms with Gasteiger partial charge in [0.2, 0.25) is 11.8 Å². The molecule has 0 atom stereocenters. The van der Waals surface area contributed by atoms with E-state index in [0.717, 1.165) is 0 Å². The molecule has 2 N–H and O–H groups in total. The number of piperidine rings is 1. The Morgan fingerprint density at radius 1 is 0.968 bits per heavy atom. The van der Waals surface area contributed by atoms with Crippen molar-refractivity contribution in [2.45, 2.75) is 53.1 Å². The van der Waals surface area contributed by atoms with Gasteiger partial charge < -0.3 is 25.0 Å². The molecule has 0 spiro atoms. The normalized spacial score (nSPS) is 14.5. The standard InChI is InChI=1S/C22H31N3O6/c1-14(26)23-18-10-17(11-19(12-18)24-15(2)27)20(28)30-13-16-6-8-25(9-7-16)21(29)31-22(3,4)5/h10-12,16H,6-9,13H2,1-5H3,(H,23,26)(H,24,27). The molecule has 1 aromatic carbocycles. The van der Waals surface area contributed by atoms with Gasteiger partial charge in [0.25, 0.3) is 0 Å². The minimum atomic E-state index is -0.548. The number of esters is 1. The topological polar surface area (TPSA) is 114 Å². The maximum atomic E-state index is 12.6. The van der Waals surface area contributed by atoms with E-state index in [4.69, 9.17) is 9.47 Å². The van der Waals surface area contributed by atoms with E-state index < -0.39 is 11.6 Å². The molecule has 1 aliphatic rings. The van der Waals surface area contributed by atoms with Crippen molar-refractivity contribution in [1.82, 2.24) is 4.90 Å². The molecule has 1 heterocycles. The summed E-state index contributed by atoms with van der Waals surface area (Å²) in [5.41, 5.74) is 0.458. The van der Waals surface area contributed by atoms with Crippen molar-refractivity contribution in [3.8, 4) is 0 Å². The number of nitrogens with one attached hydrogen (secondary N) is 2. The van der Waals surface area contributed by atoms with Gasteiger partial charge >= 0.3 is 12.1 Å². The highest BCUT2D eigenvalue weighted by molar-refractivity contribution is 5.97. The van der Waals surface area contributed by atoms with Crippen molar-refractivity contribution in [2.75, 3.05) is 30.3 Å². The van der Waals surface area contributed by atoms with Gasteiger partial charge in [0, 0.05) is 38.3 Å². The number of anilines is 2. The van der Waals surface area contributed by atoms with Gasteiger partial charge in [0.1, 0.15) is 5.60 Å². The smallest absolute Gasteiger partial charge is 0.410 e. The highest BCUT2D eigenvalue weighted by Crippen LogP contribution is 2.23. The van der Waals surface area contributed by atoms with Gasteiger partial charge in [-0.2, -0.15) is 0 Å². The van der Waals surface area contributed by atoms with E-state index in [-0.39, 0.29) is 36.0 Å². The van der Waals surface area contributed by atoms with E-state index >= 15 is 0 Å². The second-order valence-electron chi connectivity index (χ2n) is 8.67. The van der Waals surface area contributed by atoms with Gasteiger partial charge in [-0.3, -0.25) is 9.59 Å². The van der Waals surface area contributed by atoms with Crippen molar-refractivity contribution < 1.29 is 28.7 Å². The molecule has 0 bridgehead atoms. The zero-order chi connectivity index (χ0) is 23.2. The molecule has 2 rings (SSSR count). The van der Waals surface area contributed by atoms with E-state index in [1.807, 2.05) is 20.8 Å². The number of carbonyl (C=O) groups is 4. The Hall–Kier alpha value is -3.10. The molecule has 1 aromatic rings. The summed E-state index contributed by atoms with van der Waals surface area (Å²) in [7, 11) is 0. The number of benzene rings is 1. The first-order valence-corrected chi connectivity index (χ1v) is 10.3. The summed E-state index contributed by atoms with van der Waals surface area (Å²) >= 11 is 0. The van der Waals surface area contributed by atoms with Crippen LogP contribution in [-0.2, 0) is 19.1 Å². The molecule has 31 heavy (non-hydrogen) atoms. The number of carbonyl (C=O) groups excluding carboxylic acids is 4. The fraction of sp³-hybridized carbons (Fsp3) is 0.545. The molecule has 170 valence electrons. The molecule has 3 amide bonds. The quantitative estimate of drug-likeness (QED) is 0.688. The molecule has 9 nitrogen and oxygen atoms in total. The Kier molecular flexibility index (Phi) is 8.01. The Balaban J connectivity index is 1.93. The van der Waals surface area contributed by atoms with Gasteiger partial charge in [-0.05, 0) is 57.7 Å². The first-order valence-electron chi connectivity index (χ1n) is 10.3. The molecule has 1 fully saturated rings. The molecule has 0 unspecified atom stereocenters. The third-order valence-corrected chi connectivity index (χ3v) is 4.53. The molecular weight excluding hydrogens is 402 g/mol. The van der Waals surface area contributed by atoms with E-state index in [9.17, 15) is 19.2 Å². The number of ether oxygens (including phenoxy) is 2. The summed E-state index contributed by atoms with van der Waals surface area (Å²) in [6, 6.07) is 4.56. The first kappa shape index (κ1) is 24.2. The summed E-state index contributed by atoms with van der Waals surface area (Å²) in [5.74, 6) is -1.00. The van der Waals surface area contributed by atoms with Crippen LogP contribution in [0.5, 0.6) is 0 Å². The molecule has 0 saturated carbocycles. The summed E-state index contributed by atoms with van der Waals surface area (Å²) in [6.45, 7) is 9.50. The number of nitrogens with zero attached hydrogens (tertiary/aromatic N) is 1. The van der Waals surface area contributed by atoms with Crippen LogP contribution in [0.2, 0.25) is 0 Å². The lowest BCUT2D eigenvalue weighted by Crippen LogP contribution is -2.42. The molecule has 0 aromatic heterocycles. The van der Waals surface area contributed by atoms with Crippen molar-refractivity contribution in [3.05, 3.63) is 23.8 Å². The average Bonchev–Trinajstić information content (AvgIpc) is 2.63. The van der Waals surface area contributed by atoms with E-state index in [1.165, 1.54) is 26.0 Å². The molecule has 1 aliphatic heterocycles. The summed E-state index contributed by atoms with van der Waals surface area (Å²) < 4.78 is 10.9. The third-order valence-electron chi connectivity index (χ3n) is 4.53. The van der Waals surface area contributed by atoms with E-state index in [2.05, 4.69) is 10.6 Å². The van der Waals surface area contributed by atoms with Gasteiger partial charge in [-0.25, -0.2) is 9.59 Å². The molecular formula is C22H31N3O6. The Morgan fingerprint density at radius 2 is 1.48 bits per heavy atom. The predicted molar refractivity (Wildman–Crippen MR) is 116 cm³/mol. The summed E-state index contributed by atoms with van der Waals surface area (Å²) in [5, 5.41) is 5.21. The number of hydrogen-bond acceptors (Lipinski definition) is 6. The van der Waals surface area contributed by atoms with Crippen molar-refractivity contribution in [1.29, 1.82) is 0 Å². The van der Waals surface area contributed by atoms with Crippen molar-refractivity contribution in [2.24, 2.45) is 5.92 Å². The van der Waals surface area contributed by atoms with Crippen LogP contribution in [-0.4, -0.2) is 54.1 Å². The van der Waals surface area contributed by atoms with Crippen LogP contribution in [0.3, 0.4) is 0 Å². The summed E-state index contributed by atoms with van der Waals surface area (Å²) in [6.07, 6.45) is 1.08. The van der Waals surface area contributed by atoms with Gasteiger partial charge in [-0.15, -0.1) is 0 Å². The lowest BCUT2D eigenvalue weighted by atomic mass is 9.98. The van der Waals surface area contributed by atoms with Crippen molar-refractivity contribution in [3.63, 3.8) is 0 Å². The molecule has 0 radical (unpaired) electrons. The van der Waals surface area contributed by atoms with Gasteiger partial charge in [-0.1, -0.05) is 0 Å². The largest absolute Gasteiger partial charge is 0.462 e. The summed E-state index contributed by atoms with van der Waals surface area (Å²) in [4.78, 5) is 49.1. The highest BCUT2D eigenvalue weighted by Gasteiger charge is 2.27. The zero-order valence-corrected chi connectivity index (χ0v) is 18.7. The average molecular weight is 434 g/mol. The lowest BCUT2D eigenvalue weighted by molar-refractivity contribution is -0.115. The second-order valence-corrected chi connectivity index (χ2v) is 8.67. The van der Waals surface area contributed by atoms with Gasteiger partial charge in [0.05, 0.1) is 12.2 Å². The predicted octanol–water partition coefficient (Wildman–Crippen LogP) is 3.41. The lowest BCUT2D eigenvalue weighted by Gasteiger charge is -2.33. The van der Waals surface area contributed by atoms with Crippen LogP contribution >= 0.6 is 0 Å². The van der Waals surface area contributed by atoms with Crippen LogP contribution in [0.4, 0.5) is 16.2 Å². The van der Waals surface area contributed by atoms with Crippen LogP contribution < -0.4 is 10.6 Å². The fourth-order valence-electron chi connectivity index (χ4n) is 3.18. The Bertz CT molecular complexity index is 804. The fourth-order valence-corrected chi connectivity index (χ4v) is 3.18. The van der Waals surface area contributed by atoms with E-state index in [1.54, 1.807) is 11.0 Å². The maximum Gasteiger partial charge on any atom is 0.410 e. The number of hydrogen-bond donors (Lipinski definition) is 2. The zero-order valence-electron chi connectivity index (χ0n) is 18.7. The van der Waals surface area contributed by atoms with Crippen molar-refractivity contribution >= 4 is 35.3 Å².